The summed E-state index contributed by atoms with van der Waals surface area (Å²) in [5.41, 5.74) is 0.837. The number of Topliss-reactive ketones (excluding diaryl/α,β-unsaturated/α-hetero) is 1. The minimum atomic E-state index is -1.05. The molecule has 188 valence electrons. The molecule has 8 heteroatoms. The predicted molar refractivity (Wildman–Crippen MR) is 141 cm³/mol. The first-order chi connectivity index (χ1) is 17.4. The first kappa shape index (κ1) is 25.0. The number of carbonyl (C=O) groups is 2. The minimum Gasteiger partial charge on any atom is -0.489 e. The molecule has 1 saturated carbocycles. The number of ketones is 1. The molecule has 2 fully saturated rings. The summed E-state index contributed by atoms with van der Waals surface area (Å²) in [6, 6.07) is 14.9. The highest BCUT2D eigenvalue weighted by Crippen LogP contribution is 2.34. The molecule has 1 aliphatic heterocycles. The monoisotopic (exact) mass is 526 g/mol. The lowest BCUT2D eigenvalue weighted by Crippen LogP contribution is -2.48. The van der Waals surface area contributed by atoms with Gasteiger partial charge in [-0.1, -0.05) is 47.5 Å². The number of hydrogen-bond acceptors (Lipinski definition) is 5. The SMILES string of the molecule is O=C(NC(CN1CCCC1)C(O)c1ccc(OC2CC2)c(Cl)c1)C(=O)c1ccc2cc(Cl)ccc2c1. The third-order valence-corrected chi connectivity index (χ3v) is 7.27. The number of likely N-dealkylation sites (tertiary alicyclic amines) is 1. The molecule has 2 aliphatic rings. The topological polar surface area (TPSA) is 78.9 Å². The molecule has 1 heterocycles. The van der Waals surface area contributed by atoms with Gasteiger partial charge in [-0.3, -0.25) is 9.59 Å². The maximum absolute atomic E-state index is 13.0. The van der Waals surface area contributed by atoms with Crippen molar-refractivity contribution in [2.45, 2.75) is 43.9 Å². The van der Waals surface area contributed by atoms with Gasteiger partial charge in [0.15, 0.2) is 0 Å². The summed E-state index contributed by atoms with van der Waals surface area (Å²) in [7, 11) is 0. The molecule has 3 aromatic rings. The zero-order valence-electron chi connectivity index (χ0n) is 19.8. The fraction of sp³-hybridized carbons (Fsp3) is 0.357. The Morgan fingerprint density at radius 3 is 2.44 bits per heavy atom. The molecular formula is C28H28Cl2N2O4. The summed E-state index contributed by atoms with van der Waals surface area (Å²) in [4.78, 5) is 28.3. The number of halogens is 2. The molecule has 1 amide bonds. The Bertz CT molecular complexity index is 1290. The van der Waals surface area contributed by atoms with Gasteiger partial charge >= 0.3 is 0 Å². The zero-order valence-corrected chi connectivity index (χ0v) is 21.3. The first-order valence-corrected chi connectivity index (χ1v) is 13.0. The lowest BCUT2D eigenvalue weighted by Gasteiger charge is -2.28. The van der Waals surface area contributed by atoms with Gasteiger partial charge in [0, 0.05) is 17.1 Å². The lowest BCUT2D eigenvalue weighted by atomic mass is 10.00. The predicted octanol–water partition coefficient (Wildman–Crippen LogP) is 5.18. The molecule has 36 heavy (non-hydrogen) atoms. The van der Waals surface area contributed by atoms with Crippen LogP contribution in [0.1, 0.15) is 47.7 Å². The van der Waals surface area contributed by atoms with E-state index >= 15 is 0 Å². The molecule has 0 spiro atoms. The largest absolute Gasteiger partial charge is 0.489 e. The molecule has 2 atom stereocenters. The van der Waals surface area contributed by atoms with Crippen molar-refractivity contribution in [2.75, 3.05) is 19.6 Å². The fourth-order valence-corrected chi connectivity index (χ4v) is 5.00. The number of fused-ring (bicyclic) bond motifs is 1. The molecule has 6 nitrogen and oxygen atoms in total. The van der Waals surface area contributed by atoms with E-state index in [9.17, 15) is 14.7 Å². The number of nitrogens with zero attached hydrogens (tertiary/aromatic N) is 1. The van der Waals surface area contributed by atoms with E-state index in [0.717, 1.165) is 49.5 Å². The van der Waals surface area contributed by atoms with Gasteiger partial charge < -0.3 is 20.1 Å². The van der Waals surface area contributed by atoms with E-state index in [1.165, 1.54) is 0 Å². The lowest BCUT2D eigenvalue weighted by molar-refractivity contribution is -0.118. The molecule has 1 aliphatic carbocycles. The van der Waals surface area contributed by atoms with E-state index in [1.54, 1.807) is 48.5 Å². The second-order valence-corrected chi connectivity index (χ2v) is 10.4. The number of hydrogen-bond donors (Lipinski definition) is 2. The van der Waals surface area contributed by atoms with Gasteiger partial charge in [-0.2, -0.15) is 0 Å². The van der Waals surface area contributed by atoms with Crippen molar-refractivity contribution in [3.8, 4) is 5.75 Å². The summed E-state index contributed by atoms with van der Waals surface area (Å²) in [6.45, 7) is 2.19. The minimum absolute atomic E-state index is 0.207. The quantitative estimate of drug-likeness (QED) is 0.296. The van der Waals surface area contributed by atoms with Crippen LogP contribution >= 0.6 is 23.2 Å². The number of ether oxygens (including phenoxy) is 1. The van der Waals surface area contributed by atoms with Gasteiger partial charge in [0.1, 0.15) is 11.9 Å². The van der Waals surface area contributed by atoms with Crippen LogP contribution in [-0.4, -0.2) is 53.5 Å². The Balaban J connectivity index is 1.34. The van der Waals surface area contributed by atoms with Crippen molar-refractivity contribution >= 4 is 45.7 Å². The van der Waals surface area contributed by atoms with E-state index < -0.39 is 23.8 Å². The van der Waals surface area contributed by atoms with Crippen LogP contribution in [0.15, 0.2) is 54.6 Å². The highest BCUT2D eigenvalue weighted by molar-refractivity contribution is 6.43. The summed E-state index contributed by atoms with van der Waals surface area (Å²) in [5.74, 6) is -0.828. The molecular weight excluding hydrogens is 499 g/mol. The Kier molecular flexibility index (Phi) is 7.49. The third-order valence-electron chi connectivity index (χ3n) is 6.74. The first-order valence-electron chi connectivity index (χ1n) is 12.3. The number of rotatable bonds is 9. The van der Waals surface area contributed by atoms with Crippen molar-refractivity contribution in [1.29, 1.82) is 0 Å². The number of benzene rings is 3. The normalized spacial score (nSPS) is 17.6. The van der Waals surface area contributed by atoms with Crippen LogP contribution in [0, 0.1) is 0 Å². The number of carbonyl (C=O) groups excluding carboxylic acids is 2. The van der Waals surface area contributed by atoms with E-state index in [-0.39, 0.29) is 11.7 Å². The Hall–Kier alpha value is -2.64. The third kappa shape index (κ3) is 5.84. The van der Waals surface area contributed by atoms with Gasteiger partial charge in [0.25, 0.3) is 5.91 Å². The van der Waals surface area contributed by atoms with Gasteiger partial charge in [0.05, 0.1) is 17.2 Å². The van der Waals surface area contributed by atoms with Crippen LogP contribution < -0.4 is 10.1 Å². The summed E-state index contributed by atoms with van der Waals surface area (Å²) in [6.07, 6.45) is 3.32. The van der Waals surface area contributed by atoms with Gasteiger partial charge in [-0.05, 0) is 85.4 Å². The highest BCUT2D eigenvalue weighted by atomic mass is 35.5. The van der Waals surface area contributed by atoms with E-state index in [4.69, 9.17) is 27.9 Å². The fourth-order valence-electron chi connectivity index (χ4n) is 4.59. The molecule has 3 aromatic carbocycles. The Labute approximate surface area is 220 Å². The van der Waals surface area contributed by atoms with Gasteiger partial charge in [-0.25, -0.2) is 0 Å². The van der Waals surface area contributed by atoms with Crippen LogP contribution in [-0.2, 0) is 4.79 Å². The molecule has 2 unspecified atom stereocenters. The second kappa shape index (κ2) is 10.8. The number of aliphatic hydroxyl groups excluding tert-OH is 1. The van der Waals surface area contributed by atoms with Crippen LogP contribution in [0.2, 0.25) is 10.0 Å². The molecule has 2 N–H and O–H groups in total. The van der Waals surface area contributed by atoms with Crippen molar-refractivity contribution < 1.29 is 19.4 Å². The maximum atomic E-state index is 13.0. The molecule has 0 aromatic heterocycles. The van der Waals surface area contributed by atoms with E-state index in [2.05, 4.69) is 10.2 Å². The standard InChI is InChI=1S/C28H28Cl2N2O4/c29-21-7-5-17-13-19(4-3-18(17)14-21)27(34)28(35)31-24(16-32-11-1-2-12-32)26(33)20-6-10-25(23(30)15-20)36-22-8-9-22/h3-7,10,13-15,22,24,26,33H,1-2,8-9,11-12,16H2,(H,31,35). The molecule has 0 radical (unpaired) electrons. The Morgan fingerprint density at radius 2 is 1.72 bits per heavy atom. The number of nitrogens with one attached hydrogen (secondary N) is 1. The van der Waals surface area contributed by atoms with Crippen LogP contribution in [0.3, 0.4) is 0 Å². The molecule has 5 rings (SSSR count). The number of amides is 1. The van der Waals surface area contributed by atoms with E-state index in [0.29, 0.717) is 27.9 Å². The average molecular weight is 527 g/mol. The summed E-state index contributed by atoms with van der Waals surface area (Å²) in [5, 5.41) is 16.8. The Morgan fingerprint density at radius 1 is 1.00 bits per heavy atom. The highest BCUT2D eigenvalue weighted by Gasteiger charge is 2.30. The van der Waals surface area contributed by atoms with E-state index in [1.807, 2.05) is 6.07 Å². The molecule has 0 bridgehead atoms. The molecule has 1 saturated heterocycles. The zero-order chi connectivity index (χ0) is 25.2. The van der Waals surface area contributed by atoms with Crippen molar-refractivity contribution in [3.05, 3.63) is 75.8 Å². The average Bonchev–Trinajstić information content (AvgIpc) is 3.55. The van der Waals surface area contributed by atoms with Crippen LogP contribution in [0.5, 0.6) is 5.75 Å². The van der Waals surface area contributed by atoms with Crippen molar-refractivity contribution in [1.82, 2.24) is 10.2 Å². The van der Waals surface area contributed by atoms with Gasteiger partial charge in [0.2, 0.25) is 5.78 Å². The summed E-state index contributed by atoms with van der Waals surface area (Å²) >= 11 is 12.5. The smallest absolute Gasteiger partial charge is 0.292 e. The van der Waals surface area contributed by atoms with Gasteiger partial charge in [-0.15, -0.1) is 0 Å². The van der Waals surface area contributed by atoms with Crippen molar-refractivity contribution in [3.63, 3.8) is 0 Å². The van der Waals surface area contributed by atoms with Crippen molar-refractivity contribution in [2.24, 2.45) is 0 Å². The van der Waals surface area contributed by atoms with Crippen LogP contribution in [0.25, 0.3) is 10.8 Å². The second-order valence-electron chi connectivity index (χ2n) is 9.57. The number of aliphatic hydroxyl groups is 1. The summed E-state index contributed by atoms with van der Waals surface area (Å²) < 4.78 is 5.80. The maximum Gasteiger partial charge on any atom is 0.292 e. The van der Waals surface area contributed by atoms with Crippen LogP contribution in [0.4, 0.5) is 0 Å².